The molecule has 116 valence electrons. The minimum atomic E-state index is -0.283. The van der Waals surface area contributed by atoms with Crippen molar-refractivity contribution in [1.82, 2.24) is 10.6 Å². The highest BCUT2D eigenvalue weighted by atomic mass is 16.5. The molecule has 5 nitrogen and oxygen atoms in total. The number of nitrogens with one attached hydrogen (secondary N) is 2. The molecule has 0 spiro atoms. The number of methoxy groups -OCH3 is 1. The maximum atomic E-state index is 12.2. The maximum Gasteiger partial charge on any atom is 0.239 e. The molecule has 0 saturated carbocycles. The molecule has 1 unspecified atom stereocenters. The molecule has 1 aliphatic rings. The van der Waals surface area contributed by atoms with Gasteiger partial charge in [0.1, 0.15) is 11.8 Å². The Bertz CT molecular complexity index is 666. The number of amides is 1. The lowest BCUT2D eigenvalue weighted by molar-refractivity contribution is -0.126. The fraction of sp³-hybridized carbons (Fsp3) is 0.353. The topological polar surface area (TPSA) is 59.6 Å². The zero-order valence-electron chi connectivity index (χ0n) is 12.6. The molecule has 1 heterocycles. The molecular formula is C17H20N2O3. The number of carbonyl (C=O) groups excluding carboxylic acids is 1. The van der Waals surface area contributed by atoms with Crippen LogP contribution in [0.25, 0.3) is 10.8 Å². The van der Waals surface area contributed by atoms with Crippen molar-refractivity contribution in [2.24, 2.45) is 0 Å². The standard InChI is InChI=1S/C17H20N2O3/c1-21-16-7-6-12-4-2-3-5-13(12)14(16)10-19-17(20)15-11-22-9-8-18-15/h2-7,15,18H,8-11H2,1H3,(H,19,20). The first-order valence-corrected chi connectivity index (χ1v) is 7.43. The van der Waals surface area contributed by atoms with Crippen LogP contribution in [0.3, 0.4) is 0 Å². The van der Waals surface area contributed by atoms with Gasteiger partial charge in [0, 0.05) is 18.7 Å². The van der Waals surface area contributed by atoms with Crippen LogP contribution in [0.4, 0.5) is 0 Å². The van der Waals surface area contributed by atoms with Crippen LogP contribution in [0.2, 0.25) is 0 Å². The zero-order chi connectivity index (χ0) is 15.4. The van der Waals surface area contributed by atoms with Crippen LogP contribution in [0.15, 0.2) is 36.4 Å². The maximum absolute atomic E-state index is 12.2. The predicted molar refractivity (Wildman–Crippen MR) is 85.0 cm³/mol. The highest BCUT2D eigenvalue weighted by Crippen LogP contribution is 2.27. The van der Waals surface area contributed by atoms with Crippen LogP contribution in [0.5, 0.6) is 5.75 Å². The van der Waals surface area contributed by atoms with Crippen LogP contribution in [0, 0.1) is 0 Å². The molecule has 2 N–H and O–H groups in total. The minimum Gasteiger partial charge on any atom is -0.496 e. The Morgan fingerprint density at radius 1 is 1.36 bits per heavy atom. The number of fused-ring (bicyclic) bond motifs is 1. The Kier molecular flexibility index (Phi) is 4.56. The molecule has 1 amide bonds. The van der Waals surface area contributed by atoms with Gasteiger partial charge in [-0.3, -0.25) is 4.79 Å². The molecule has 0 bridgehead atoms. The third-order valence-corrected chi connectivity index (χ3v) is 3.90. The normalized spacial score (nSPS) is 18.1. The number of benzene rings is 2. The number of hydrogen-bond acceptors (Lipinski definition) is 4. The molecule has 2 aromatic rings. The lowest BCUT2D eigenvalue weighted by Gasteiger charge is -2.23. The number of rotatable bonds is 4. The van der Waals surface area contributed by atoms with E-state index in [1.165, 1.54) is 0 Å². The SMILES string of the molecule is COc1ccc2ccccc2c1CNC(=O)C1COCCN1. The van der Waals surface area contributed by atoms with Gasteiger partial charge in [-0.05, 0) is 16.8 Å². The van der Waals surface area contributed by atoms with Gasteiger partial charge in [-0.1, -0.05) is 30.3 Å². The van der Waals surface area contributed by atoms with Gasteiger partial charge in [-0.2, -0.15) is 0 Å². The van der Waals surface area contributed by atoms with E-state index in [-0.39, 0.29) is 11.9 Å². The molecule has 0 radical (unpaired) electrons. The summed E-state index contributed by atoms with van der Waals surface area (Å²) in [6.07, 6.45) is 0. The van der Waals surface area contributed by atoms with Crippen LogP contribution in [-0.4, -0.2) is 38.8 Å². The molecule has 0 aliphatic carbocycles. The first kappa shape index (κ1) is 14.8. The first-order valence-electron chi connectivity index (χ1n) is 7.43. The van der Waals surface area contributed by atoms with Crippen LogP contribution in [-0.2, 0) is 16.1 Å². The number of carbonyl (C=O) groups is 1. The van der Waals surface area contributed by atoms with Gasteiger partial charge < -0.3 is 20.1 Å². The molecule has 0 aromatic heterocycles. The van der Waals surface area contributed by atoms with E-state index < -0.39 is 0 Å². The van der Waals surface area contributed by atoms with E-state index in [0.29, 0.717) is 26.3 Å². The Morgan fingerprint density at radius 2 is 2.23 bits per heavy atom. The lowest BCUT2D eigenvalue weighted by Crippen LogP contribution is -2.51. The molecule has 1 aliphatic heterocycles. The van der Waals surface area contributed by atoms with E-state index in [1.807, 2.05) is 30.3 Å². The minimum absolute atomic E-state index is 0.0466. The molecule has 1 atom stereocenters. The Morgan fingerprint density at radius 3 is 3.00 bits per heavy atom. The summed E-state index contributed by atoms with van der Waals surface area (Å²) in [5.74, 6) is 0.738. The molecule has 3 rings (SSSR count). The molecular weight excluding hydrogens is 280 g/mol. The van der Waals surface area contributed by atoms with E-state index in [9.17, 15) is 4.79 Å². The average Bonchev–Trinajstić information content (AvgIpc) is 2.60. The van der Waals surface area contributed by atoms with Gasteiger partial charge >= 0.3 is 0 Å². The van der Waals surface area contributed by atoms with E-state index in [2.05, 4.69) is 16.7 Å². The summed E-state index contributed by atoms with van der Waals surface area (Å²) in [5, 5.41) is 8.35. The summed E-state index contributed by atoms with van der Waals surface area (Å²) in [6.45, 7) is 2.21. The third kappa shape index (κ3) is 3.05. The van der Waals surface area contributed by atoms with Gasteiger partial charge in [0.2, 0.25) is 5.91 Å². The highest BCUT2D eigenvalue weighted by molar-refractivity contribution is 5.88. The quantitative estimate of drug-likeness (QED) is 0.897. The zero-order valence-corrected chi connectivity index (χ0v) is 12.6. The van der Waals surface area contributed by atoms with Crippen LogP contribution >= 0.6 is 0 Å². The third-order valence-electron chi connectivity index (χ3n) is 3.90. The van der Waals surface area contributed by atoms with Crippen LogP contribution < -0.4 is 15.4 Å². The lowest BCUT2D eigenvalue weighted by atomic mass is 10.0. The van der Waals surface area contributed by atoms with Crippen molar-refractivity contribution in [3.63, 3.8) is 0 Å². The summed E-state index contributed by atoms with van der Waals surface area (Å²) < 4.78 is 10.8. The van der Waals surface area contributed by atoms with Crippen molar-refractivity contribution in [2.45, 2.75) is 12.6 Å². The fourth-order valence-corrected chi connectivity index (χ4v) is 2.72. The molecule has 2 aromatic carbocycles. The van der Waals surface area contributed by atoms with Gasteiger partial charge in [-0.25, -0.2) is 0 Å². The average molecular weight is 300 g/mol. The Balaban J connectivity index is 1.79. The molecule has 1 saturated heterocycles. The second-order valence-electron chi connectivity index (χ2n) is 5.27. The van der Waals surface area contributed by atoms with E-state index in [1.54, 1.807) is 7.11 Å². The van der Waals surface area contributed by atoms with Gasteiger partial charge in [0.25, 0.3) is 0 Å². The largest absolute Gasteiger partial charge is 0.496 e. The van der Waals surface area contributed by atoms with E-state index >= 15 is 0 Å². The molecule has 22 heavy (non-hydrogen) atoms. The van der Waals surface area contributed by atoms with Gasteiger partial charge in [-0.15, -0.1) is 0 Å². The highest BCUT2D eigenvalue weighted by Gasteiger charge is 2.21. The van der Waals surface area contributed by atoms with Crippen molar-refractivity contribution in [3.8, 4) is 5.75 Å². The number of morpholine rings is 1. The summed E-state index contributed by atoms with van der Waals surface area (Å²) in [4.78, 5) is 12.2. The van der Waals surface area contributed by atoms with Crippen molar-refractivity contribution >= 4 is 16.7 Å². The van der Waals surface area contributed by atoms with Gasteiger partial charge in [0.15, 0.2) is 0 Å². The molecule has 5 heteroatoms. The van der Waals surface area contributed by atoms with E-state index in [4.69, 9.17) is 9.47 Å². The van der Waals surface area contributed by atoms with Crippen molar-refractivity contribution < 1.29 is 14.3 Å². The number of ether oxygens (including phenoxy) is 2. The van der Waals surface area contributed by atoms with E-state index in [0.717, 1.165) is 22.1 Å². The van der Waals surface area contributed by atoms with Crippen molar-refractivity contribution in [2.75, 3.05) is 26.9 Å². The fourth-order valence-electron chi connectivity index (χ4n) is 2.72. The smallest absolute Gasteiger partial charge is 0.239 e. The summed E-state index contributed by atoms with van der Waals surface area (Å²) >= 11 is 0. The summed E-state index contributed by atoms with van der Waals surface area (Å²) in [6, 6.07) is 11.8. The Labute approximate surface area is 129 Å². The first-order chi connectivity index (χ1) is 10.8. The van der Waals surface area contributed by atoms with Gasteiger partial charge in [0.05, 0.1) is 20.3 Å². The second kappa shape index (κ2) is 6.77. The predicted octanol–water partition coefficient (Wildman–Crippen LogP) is 1.45. The van der Waals surface area contributed by atoms with Crippen LogP contribution in [0.1, 0.15) is 5.56 Å². The second-order valence-corrected chi connectivity index (χ2v) is 5.27. The van der Waals surface area contributed by atoms with Crippen molar-refractivity contribution in [1.29, 1.82) is 0 Å². The number of hydrogen-bond donors (Lipinski definition) is 2. The Hall–Kier alpha value is -2.11. The monoisotopic (exact) mass is 300 g/mol. The summed E-state index contributed by atoms with van der Waals surface area (Å²) in [5.41, 5.74) is 0.991. The summed E-state index contributed by atoms with van der Waals surface area (Å²) in [7, 11) is 1.64. The molecule has 1 fully saturated rings. The van der Waals surface area contributed by atoms with Crippen molar-refractivity contribution in [3.05, 3.63) is 42.0 Å².